The summed E-state index contributed by atoms with van der Waals surface area (Å²) in [6, 6.07) is 11.0. The van der Waals surface area contributed by atoms with Gasteiger partial charge in [-0.25, -0.2) is 9.07 Å². The summed E-state index contributed by atoms with van der Waals surface area (Å²) in [6.45, 7) is 5.08. The van der Waals surface area contributed by atoms with Crippen LogP contribution in [0.1, 0.15) is 32.1 Å². The number of thioether (sulfide) groups is 1. The van der Waals surface area contributed by atoms with Crippen molar-refractivity contribution in [2.24, 2.45) is 0 Å². The van der Waals surface area contributed by atoms with Gasteiger partial charge in [0.15, 0.2) is 5.69 Å². The van der Waals surface area contributed by atoms with E-state index in [0.29, 0.717) is 22.6 Å². The molecular formula is C22H22FN5O2S. The number of nitrogens with zero attached hydrogens (tertiary/aromatic N) is 4. The first-order chi connectivity index (χ1) is 14.9. The SMILES string of the molecule is Cc1cc(C(=O)N2CCSCC2)ccc1NC(=O)c1nnn(-c2ccc(F)cc2)c1C. The van der Waals surface area contributed by atoms with Crippen LogP contribution in [0.3, 0.4) is 0 Å². The van der Waals surface area contributed by atoms with E-state index in [4.69, 9.17) is 0 Å². The number of carbonyl (C=O) groups is 2. The van der Waals surface area contributed by atoms with Gasteiger partial charge in [0.1, 0.15) is 5.82 Å². The van der Waals surface area contributed by atoms with Gasteiger partial charge in [0.2, 0.25) is 0 Å². The summed E-state index contributed by atoms with van der Waals surface area (Å²) in [5, 5.41) is 10.9. The average Bonchev–Trinajstić information content (AvgIpc) is 3.17. The molecular weight excluding hydrogens is 417 g/mol. The number of anilines is 1. The van der Waals surface area contributed by atoms with Crippen LogP contribution in [0, 0.1) is 19.7 Å². The average molecular weight is 440 g/mol. The molecule has 2 amide bonds. The first-order valence-electron chi connectivity index (χ1n) is 9.91. The van der Waals surface area contributed by atoms with Gasteiger partial charge in [-0.15, -0.1) is 5.10 Å². The van der Waals surface area contributed by atoms with Crippen LogP contribution >= 0.6 is 11.8 Å². The fraction of sp³-hybridized carbons (Fsp3) is 0.273. The van der Waals surface area contributed by atoms with Gasteiger partial charge in [0.05, 0.1) is 11.4 Å². The molecule has 9 heteroatoms. The molecule has 31 heavy (non-hydrogen) atoms. The highest BCUT2D eigenvalue weighted by Gasteiger charge is 2.21. The van der Waals surface area contributed by atoms with E-state index in [1.807, 2.05) is 23.6 Å². The summed E-state index contributed by atoms with van der Waals surface area (Å²) in [5.74, 6) is 1.17. The maximum atomic E-state index is 13.2. The summed E-state index contributed by atoms with van der Waals surface area (Å²) in [7, 11) is 0. The third-order valence-corrected chi connectivity index (χ3v) is 6.14. The number of hydrogen-bond acceptors (Lipinski definition) is 5. The van der Waals surface area contributed by atoms with Crippen LogP contribution in [0.25, 0.3) is 5.69 Å². The number of amides is 2. The molecule has 1 saturated heterocycles. The van der Waals surface area contributed by atoms with E-state index in [-0.39, 0.29) is 17.4 Å². The Morgan fingerprint density at radius 2 is 1.77 bits per heavy atom. The molecule has 3 aromatic rings. The summed E-state index contributed by atoms with van der Waals surface area (Å²) >= 11 is 1.85. The predicted octanol–water partition coefficient (Wildman–Crippen LogP) is 3.46. The van der Waals surface area contributed by atoms with Crippen molar-refractivity contribution in [1.29, 1.82) is 0 Å². The van der Waals surface area contributed by atoms with E-state index < -0.39 is 5.91 Å². The van der Waals surface area contributed by atoms with Gasteiger partial charge in [-0.05, 0) is 61.9 Å². The summed E-state index contributed by atoms with van der Waals surface area (Å²) < 4.78 is 14.7. The zero-order chi connectivity index (χ0) is 22.0. The van der Waals surface area contributed by atoms with Crippen molar-refractivity contribution in [2.75, 3.05) is 29.9 Å². The van der Waals surface area contributed by atoms with Crippen molar-refractivity contribution >= 4 is 29.3 Å². The Bertz CT molecular complexity index is 1120. The van der Waals surface area contributed by atoms with E-state index in [1.54, 1.807) is 37.3 Å². The van der Waals surface area contributed by atoms with Crippen LogP contribution in [0.2, 0.25) is 0 Å². The molecule has 1 aliphatic heterocycles. The molecule has 0 radical (unpaired) electrons. The Balaban J connectivity index is 1.50. The molecule has 1 N–H and O–H groups in total. The van der Waals surface area contributed by atoms with Crippen LogP contribution < -0.4 is 5.32 Å². The largest absolute Gasteiger partial charge is 0.337 e. The highest BCUT2D eigenvalue weighted by molar-refractivity contribution is 7.99. The van der Waals surface area contributed by atoms with E-state index in [1.165, 1.54) is 16.8 Å². The minimum absolute atomic E-state index is 0.0133. The van der Waals surface area contributed by atoms with Gasteiger partial charge in [0.25, 0.3) is 11.8 Å². The Morgan fingerprint density at radius 1 is 1.06 bits per heavy atom. The Morgan fingerprint density at radius 3 is 2.45 bits per heavy atom. The lowest BCUT2D eigenvalue weighted by molar-refractivity contribution is 0.0772. The number of rotatable bonds is 4. The molecule has 1 aliphatic rings. The van der Waals surface area contributed by atoms with Crippen LogP contribution in [-0.2, 0) is 0 Å². The van der Waals surface area contributed by atoms with Gasteiger partial charge >= 0.3 is 0 Å². The number of aromatic nitrogens is 3. The van der Waals surface area contributed by atoms with Gasteiger partial charge in [-0.3, -0.25) is 9.59 Å². The summed E-state index contributed by atoms with van der Waals surface area (Å²) in [4.78, 5) is 27.3. The summed E-state index contributed by atoms with van der Waals surface area (Å²) in [5.41, 5.74) is 3.33. The van der Waals surface area contributed by atoms with Crippen molar-refractivity contribution in [3.63, 3.8) is 0 Å². The molecule has 0 atom stereocenters. The lowest BCUT2D eigenvalue weighted by atomic mass is 10.1. The third-order valence-electron chi connectivity index (χ3n) is 5.20. The molecule has 0 spiro atoms. The number of hydrogen-bond donors (Lipinski definition) is 1. The van der Waals surface area contributed by atoms with Gasteiger partial charge in [0, 0.05) is 35.8 Å². The highest BCUT2D eigenvalue weighted by Crippen LogP contribution is 2.21. The summed E-state index contributed by atoms with van der Waals surface area (Å²) in [6.07, 6.45) is 0. The smallest absolute Gasteiger partial charge is 0.278 e. The minimum Gasteiger partial charge on any atom is -0.337 e. The zero-order valence-electron chi connectivity index (χ0n) is 17.3. The van der Waals surface area contributed by atoms with Crippen LogP contribution in [0.5, 0.6) is 0 Å². The standard InChI is InChI=1S/C22H22FN5O2S/c1-14-13-16(22(30)27-9-11-31-12-10-27)3-8-19(14)24-21(29)20-15(2)28(26-25-20)18-6-4-17(23)5-7-18/h3-8,13H,9-12H2,1-2H3,(H,24,29). The molecule has 0 bridgehead atoms. The van der Waals surface area contributed by atoms with Crippen molar-refractivity contribution in [2.45, 2.75) is 13.8 Å². The molecule has 2 aromatic carbocycles. The number of carbonyl (C=O) groups excluding carboxylic acids is 2. The lowest BCUT2D eigenvalue weighted by Gasteiger charge is -2.26. The zero-order valence-corrected chi connectivity index (χ0v) is 18.1. The molecule has 0 unspecified atom stereocenters. The van der Waals surface area contributed by atoms with E-state index in [0.717, 1.165) is 30.2 Å². The number of aryl methyl sites for hydroxylation is 1. The topological polar surface area (TPSA) is 80.1 Å². The molecule has 0 aliphatic carbocycles. The second kappa shape index (κ2) is 8.89. The predicted molar refractivity (Wildman–Crippen MR) is 118 cm³/mol. The Kier molecular flexibility index (Phi) is 6.03. The Hall–Kier alpha value is -3.20. The maximum absolute atomic E-state index is 13.2. The molecule has 7 nitrogen and oxygen atoms in total. The second-order valence-corrected chi connectivity index (χ2v) is 8.52. The van der Waals surface area contributed by atoms with Gasteiger partial charge in [-0.2, -0.15) is 11.8 Å². The number of benzene rings is 2. The highest BCUT2D eigenvalue weighted by atomic mass is 32.2. The molecule has 1 aromatic heterocycles. The van der Waals surface area contributed by atoms with Crippen molar-refractivity contribution in [1.82, 2.24) is 19.9 Å². The molecule has 1 fully saturated rings. The third kappa shape index (κ3) is 4.46. The minimum atomic E-state index is -0.402. The quantitative estimate of drug-likeness (QED) is 0.673. The fourth-order valence-corrected chi connectivity index (χ4v) is 4.34. The normalized spacial score (nSPS) is 13.8. The monoisotopic (exact) mass is 439 g/mol. The van der Waals surface area contributed by atoms with Crippen molar-refractivity contribution in [3.8, 4) is 5.69 Å². The molecule has 0 saturated carbocycles. The molecule has 4 rings (SSSR count). The number of halogens is 1. The lowest BCUT2D eigenvalue weighted by Crippen LogP contribution is -2.37. The maximum Gasteiger partial charge on any atom is 0.278 e. The van der Waals surface area contributed by atoms with Crippen molar-refractivity contribution in [3.05, 3.63) is 70.8 Å². The second-order valence-electron chi connectivity index (χ2n) is 7.30. The van der Waals surface area contributed by atoms with Crippen LogP contribution in [-0.4, -0.2) is 56.3 Å². The molecule has 2 heterocycles. The van der Waals surface area contributed by atoms with Crippen LogP contribution in [0.15, 0.2) is 42.5 Å². The van der Waals surface area contributed by atoms with E-state index in [2.05, 4.69) is 15.6 Å². The van der Waals surface area contributed by atoms with Gasteiger partial charge in [-0.1, -0.05) is 5.21 Å². The van der Waals surface area contributed by atoms with Crippen LogP contribution in [0.4, 0.5) is 10.1 Å². The van der Waals surface area contributed by atoms with E-state index >= 15 is 0 Å². The first kappa shape index (κ1) is 21.0. The van der Waals surface area contributed by atoms with Crippen molar-refractivity contribution < 1.29 is 14.0 Å². The Labute approximate surface area is 183 Å². The number of nitrogens with one attached hydrogen (secondary N) is 1. The van der Waals surface area contributed by atoms with Gasteiger partial charge < -0.3 is 10.2 Å². The fourth-order valence-electron chi connectivity index (χ4n) is 3.43. The van der Waals surface area contributed by atoms with E-state index in [9.17, 15) is 14.0 Å². The molecule has 160 valence electrons. The first-order valence-corrected chi connectivity index (χ1v) is 11.1.